The van der Waals surface area contributed by atoms with Crippen molar-refractivity contribution >= 4 is 21.5 Å². The average Bonchev–Trinajstić information content (AvgIpc) is 2.76. The Labute approximate surface area is 177 Å². The Kier molecular flexibility index (Phi) is 5.46. The van der Waals surface area contributed by atoms with E-state index in [4.69, 9.17) is 9.47 Å². The second-order valence-electron chi connectivity index (χ2n) is 7.11. The second-order valence-corrected chi connectivity index (χ2v) is 7.11. The second kappa shape index (κ2) is 8.35. The molecule has 30 heavy (non-hydrogen) atoms. The van der Waals surface area contributed by atoms with Crippen molar-refractivity contribution in [3.05, 3.63) is 84.9 Å². The van der Waals surface area contributed by atoms with Crippen molar-refractivity contribution < 1.29 is 9.47 Å². The van der Waals surface area contributed by atoms with Crippen LogP contribution in [0.3, 0.4) is 0 Å². The van der Waals surface area contributed by atoms with Gasteiger partial charge in [-0.05, 0) is 59.7 Å². The fourth-order valence-electron chi connectivity index (χ4n) is 4.02. The zero-order valence-corrected chi connectivity index (χ0v) is 17.4. The van der Waals surface area contributed by atoms with E-state index in [1.165, 1.54) is 16.3 Å². The maximum absolute atomic E-state index is 6.09. The molecule has 0 fully saturated rings. The molecule has 148 valence electrons. The highest BCUT2D eigenvalue weighted by atomic mass is 16.5. The van der Waals surface area contributed by atoms with E-state index in [2.05, 4.69) is 92.6 Å². The molecule has 0 aromatic heterocycles. The smallest absolute Gasteiger partial charge is 0.128 e. The lowest BCUT2D eigenvalue weighted by Crippen LogP contribution is -2.12. The molecule has 0 amide bonds. The molecule has 1 aliphatic rings. The highest BCUT2D eigenvalue weighted by Crippen LogP contribution is 2.46. The third kappa shape index (κ3) is 3.40. The number of rotatable bonds is 0. The zero-order chi connectivity index (χ0) is 21.1. The van der Waals surface area contributed by atoms with E-state index in [0.717, 1.165) is 39.0 Å². The first-order valence-corrected chi connectivity index (χ1v) is 10.0. The van der Waals surface area contributed by atoms with Gasteiger partial charge in [0.25, 0.3) is 0 Å². The van der Waals surface area contributed by atoms with Crippen LogP contribution in [0.5, 0.6) is 11.5 Å². The Morgan fingerprint density at radius 1 is 0.733 bits per heavy atom. The van der Waals surface area contributed by atoms with Crippen LogP contribution in [0.25, 0.3) is 32.7 Å². The standard InChI is InChI=1S/C26H20O2.C2H4/c1-3-4-18-6-10-22-20(16-18)8-12-24-26(22)25-21-9-5-17(2)15-19(21)7-11-23(25)27-13-14-28-24;1-2/h5-12,15-16H,13-14H2,1-2H3;1-2H2. The van der Waals surface area contributed by atoms with Gasteiger partial charge in [-0.2, -0.15) is 0 Å². The molecule has 2 nitrogen and oxygen atoms in total. The van der Waals surface area contributed by atoms with Crippen LogP contribution in [-0.4, -0.2) is 13.2 Å². The number of fused-ring (bicyclic) bond motifs is 7. The molecule has 5 rings (SSSR count). The lowest BCUT2D eigenvalue weighted by atomic mass is 9.91. The van der Waals surface area contributed by atoms with Crippen molar-refractivity contribution in [2.45, 2.75) is 13.8 Å². The molecular formula is C28H24O2. The van der Waals surface area contributed by atoms with Gasteiger partial charge < -0.3 is 9.47 Å². The third-order valence-electron chi connectivity index (χ3n) is 5.24. The molecule has 1 aliphatic heterocycles. The van der Waals surface area contributed by atoms with Crippen molar-refractivity contribution in [2.75, 3.05) is 13.2 Å². The number of hydrogen-bond acceptors (Lipinski definition) is 2. The molecule has 0 spiro atoms. The van der Waals surface area contributed by atoms with E-state index in [9.17, 15) is 0 Å². The van der Waals surface area contributed by atoms with Gasteiger partial charge in [-0.1, -0.05) is 47.9 Å². The van der Waals surface area contributed by atoms with Crippen LogP contribution < -0.4 is 9.47 Å². The summed E-state index contributed by atoms with van der Waals surface area (Å²) in [6.07, 6.45) is 0. The summed E-state index contributed by atoms with van der Waals surface area (Å²) < 4.78 is 12.2. The van der Waals surface area contributed by atoms with Gasteiger partial charge in [0.2, 0.25) is 0 Å². The maximum atomic E-state index is 6.09. The minimum absolute atomic E-state index is 0.531. The van der Waals surface area contributed by atoms with Crippen molar-refractivity contribution in [3.63, 3.8) is 0 Å². The molecule has 4 aromatic rings. The minimum atomic E-state index is 0.531. The average molecular weight is 392 g/mol. The largest absolute Gasteiger partial charge is 0.489 e. The quantitative estimate of drug-likeness (QED) is 0.239. The fourth-order valence-corrected chi connectivity index (χ4v) is 4.02. The molecule has 0 saturated carbocycles. The molecule has 4 aromatic carbocycles. The Balaban J connectivity index is 0.00000106. The molecule has 0 N–H and O–H groups in total. The van der Waals surface area contributed by atoms with Gasteiger partial charge in [0.15, 0.2) is 0 Å². The SMILES string of the molecule is C=C.CC#Cc1ccc2c3c(ccc2c1)OCCOc1ccc2cc(C)ccc2c1-3. The van der Waals surface area contributed by atoms with E-state index in [-0.39, 0.29) is 0 Å². The van der Waals surface area contributed by atoms with Crippen LogP contribution in [-0.2, 0) is 0 Å². The van der Waals surface area contributed by atoms with E-state index < -0.39 is 0 Å². The molecule has 0 bridgehead atoms. The van der Waals surface area contributed by atoms with E-state index in [0.29, 0.717) is 13.2 Å². The molecular weight excluding hydrogens is 368 g/mol. The maximum Gasteiger partial charge on any atom is 0.128 e. The molecule has 0 atom stereocenters. The lowest BCUT2D eigenvalue weighted by molar-refractivity contribution is 0.215. The van der Waals surface area contributed by atoms with Crippen LogP contribution in [0, 0.1) is 18.8 Å². The molecule has 0 radical (unpaired) electrons. The predicted octanol–water partition coefficient (Wildman–Crippen LogP) is 6.91. The summed E-state index contributed by atoms with van der Waals surface area (Å²) in [4.78, 5) is 0. The number of benzene rings is 4. The first-order valence-electron chi connectivity index (χ1n) is 10.0. The van der Waals surface area contributed by atoms with Crippen LogP contribution in [0.15, 0.2) is 73.8 Å². The summed E-state index contributed by atoms with van der Waals surface area (Å²) in [6.45, 7) is 11.0. The van der Waals surface area contributed by atoms with Crippen LogP contribution >= 0.6 is 0 Å². The molecule has 0 saturated heterocycles. The number of hydrogen-bond donors (Lipinski definition) is 0. The predicted molar refractivity (Wildman–Crippen MR) is 126 cm³/mol. The van der Waals surface area contributed by atoms with Crippen LogP contribution in [0.4, 0.5) is 0 Å². The summed E-state index contributed by atoms with van der Waals surface area (Å²) in [5.74, 6) is 7.94. The molecule has 1 heterocycles. The third-order valence-corrected chi connectivity index (χ3v) is 5.24. The summed E-state index contributed by atoms with van der Waals surface area (Å²) >= 11 is 0. The van der Waals surface area contributed by atoms with E-state index >= 15 is 0 Å². The Morgan fingerprint density at radius 3 is 1.90 bits per heavy atom. The first kappa shape index (κ1) is 19.6. The van der Waals surface area contributed by atoms with Gasteiger partial charge in [-0.15, -0.1) is 19.1 Å². The monoisotopic (exact) mass is 392 g/mol. The van der Waals surface area contributed by atoms with E-state index in [1.807, 2.05) is 6.92 Å². The van der Waals surface area contributed by atoms with Gasteiger partial charge in [0.1, 0.15) is 24.7 Å². The number of ether oxygens (including phenoxy) is 2. The van der Waals surface area contributed by atoms with Gasteiger partial charge >= 0.3 is 0 Å². The molecule has 0 unspecified atom stereocenters. The van der Waals surface area contributed by atoms with Gasteiger partial charge in [0.05, 0.1) is 0 Å². The molecule has 2 heteroatoms. The summed E-state index contributed by atoms with van der Waals surface area (Å²) in [7, 11) is 0. The summed E-state index contributed by atoms with van der Waals surface area (Å²) in [5.41, 5.74) is 4.47. The van der Waals surface area contributed by atoms with Gasteiger partial charge in [0, 0.05) is 16.7 Å². The lowest BCUT2D eigenvalue weighted by Gasteiger charge is -2.22. The summed E-state index contributed by atoms with van der Waals surface area (Å²) in [6, 6.07) is 21.3. The molecule has 0 aliphatic carbocycles. The van der Waals surface area contributed by atoms with Gasteiger partial charge in [-0.3, -0.25) is 0 Å². The van der Waals surface area contributed by atoms with Gasteiger partial charge in [-0.25, -0.2) is 0 Å². The topological polar surface area (TPSA) is 18.5 Å². The highest BCUT2D eigenvalue weighted by Gasteiger charge is 2.21. The minimum Gasteiger partial charge on any atom is -0.489 e. The Hall–Kier alpha value is -3.70. The van der Waals surface area contributed by atoms with Crippen molar-refractivity contribution in [3.8, 4) is 34.5 Å². The van der Waals surface area contributed by atoms with Crippen LogP contribution in [0.2, 0.25) is 0 Å². The Morgan fingerprint density at radius 2 is 1.30 bits per heavy atom. The van der Waals surface area contributed by atoms with Crippen molar-refractivity contribution in [1.29, 1.82) is 0 Å². The van der Waals surface area contributed by atoms with Crippen molar-refractivity contribution in [2.24, 2.45) is 0 Å². The first-order chi connectivity index (χ1) is 14.7. The normalized spacial score (nSPS) is 11.9. The Bertz CT molecular complexity index is 1310. The highest BCUT2D eigenvalue weighted by molar-refractivity contribution is 6.10. The zero-order valence-electron chi connectivity index (χ0n) is 17.4. The van der Waals surface area contributed by atoms with Crippen LogP contribution in [0.1, 0.15) is 18.1 Å². The fraction of sp³-hybridized carbons (Fsp3) is 0.143. The van der Waals surface area contributed by atoms with E-state index in [1.54, 1.807) is 0 Å². The van der Waals surface area contributed by atoms with Crippen molar-refractivity contribution in [1.82, 2.24) is 0 Å². The number of aryl methyl sites for hydroxylation is 1. The summed E-state index contributed by atoms with van der Waals surface area (Å²) in [5, 5.41) is 4.69.